The minimum absolute atomic E-state index is 0.0210. The Hall–Kier alpha value is -0.750. The van der Waals surface area contributed by atoms with Crippen LogP contribution in [0.5, 0.6) is 0 Å². The molecule has 0 rings (SSSR count). The van der Waals surface area contributed by atoms with E-state index < -0.39 is 12.1 Å². The van der Waals surface area contributed by atoms with E-state index in [9.17, 15) is 13.6 Å². The molecule has 0 bridgehead atoms. The predicted octanol–water partition coefficient (Wildman–Crippen LogP) is 1.83. The van der Waals surface area contributed by atoms with Crippen LogP contribution >= 0.6 is 0 Å². The van der Waals surface area contributed by atoms with Crippen LogP contribution in [0.2, 0.25) is 0 Å². The summed E-state index contributed by atoms with van der Waals surface area (Å²) < 4.78 is 38.9. The zero-order chi connectivity index (χ0) is 12.6. The number of alkyl halides is 2. The fourth-order valence-electron chi connectivity index (χ4n) is 0.822. The van der Waals surface area contributed by atoms with E-state index >= 15 is 0 Å². The number of halogens is 2. The van der Waals surface area contributed by atoms with E-state index in [0.29, 0.717) is 12.5 Å². The molecular formula is C10H18F2O4. The molecule has 0 aromatic carbocycles. The second-order valence-electron chi connectivity index (χ2n) is 3.55. The highest BCUT2D eigenvalue weighted by atomic mass is 19.3. The second kappa shape index (κ2) is 7.51. The minimum atomic E-state index is -3.89. The van der Waals surface area contributed by atoms with Crippen LogP contribution in [-0.2, 0) is 19.0 Å². The Labute approximate surface area is 93.9 Å². The Kier molecular flexibility index (Phi) is 7.16. The van der Waals surface area contributed by atoms with Gasteiger partial charge in [-0.1, -0.05) is 13.8 Å². The first-order valence-corrected chi connectivity index (χ1v) is 5.17. The molecule has 0 heterocycles. The normalized spacial score (nSPS) is 11.9. The summed E-state index contributed by atoms with van der Waals surface area (Å²) in [5.41, 5.74) is 0. The van der Waals surface area contributed by atoms with Crippen molar-refractivity contribution in [1.29, 1.82) is 0 Å². The summed E-state index contributed by atoms with van der Waals surface area (Å²) in [7, 11) is 0. The monoisotopic (exact) mass is 240 g/mol. The third-order valence-electron chi connectivity index (χ3n) is 1.48. The molecule has 0 aliphatic heterocycles. The molecule has 0 saturated heterocycles. The number of hydrogen-bond acceptors (Lipinski definition) is 4. The summed E-state index contributed by atoms with van der Waals surface area (Å²) in [6.45, 7) is 5.35. The van der Waals surface area contributed by atoms with Crippen molar-refractivity contribution in [3.8, 4) is 0 Å². The first-order chi connectivity index (χ1) is 7.40. The average Bonchev–Trinajstić information content (AvgIpc) is 2.17. The third-order valence-corrected chi connectivity index (χ3v) is 1.48. The molecule has 4 nitrogen and oxygen atoms in total. The lowest BCUT2D eigenvalue weighted by atomic mass is 10.2. The lowest BCUT2D eigenvalue weighted by molar-refractivity contribution is -0.252. The molecule has 16 heavy (non-hydrogen) atoms. The predicted molar refractivity (Wildman–Crippen MR) is 53.2 cm³/mol. The zero-order valence-electron chi connectivity index (χ0n) is 9.79. The fraction of sp³-hybridized carbons (Fsp3) is 0.900. The van der Waals surface area contributed by atoms with Crippen LogP contribution in [0.15, 0.2) is 0 Å². The fourth-order valence-corrected chi connectivity index (χ4v) is 0.822. The first kappa shape index (κ1) is 15.2. The van der Waals surface area contributed by atoms with Gasteiger partial charge >= 0.3 is 12.1 Å². The number of ether oxygens (including phenoxy) is 3. The molecule has 6 heteroatoms. The van der Waals surface area contributed by atoms with Gasteiger partial charge in [-0.25, -0.2) is 4.79 Å². The number of carbonyl (C=O) groups excluding carboxylic acids is 1. The van der Waals surface area contributed by atoms with Crippen LogP contribution in [0.25, 0.3) is 0 Å². The van der Waals surface area contributed by atoms with Crippen LogP contribution in [0.4, 0.5) is 8.78 Å². The quantitative estimate of drug-likeness (QED) is 0.479. The largest absolute Gasteiger partial charge is 0.460 e. The number of esters is 1. The van der Waals surface area contributed by atoms with Crippen molar-refractivity contribution in [2.24, 2.45) is 5.92 Å². The second-order valence-corrected chi connectivity index (χ2v) is 3.55. The summed E-state index contributed by atoms with van der Waals surface area (Å²) in [5, 5.41) is 0. The lowest BCUT2D eigenvalue weighted by Gasteiger charge is -2.15. The Morgan fingerprint density at radius 2 is 1.94 bits per heavy atom. The van der Waals surface area contributed by atoms with Crippen LogP contribution in [0.1, 0.15) is 20.8 Å². The van der Waals surface area contributed by atoms with Gasteiger partial charge in [0.05, 0.1) is 19.8 Å². The van der Waals surface area contributed by atoms with Gasteiger partial charge in [-0.15, -0.1) is 0 Å². The molecule has 0 aliphatic carbocycles. The van der Waals surface area contributed by atoms with Gasteiger partial charge in [0.25, 0.3) is 0 Å². The summed E-state index contributed by atoms with van der Waals surface area (Å²) in [6.07, 6.45) is -3.89. The molecule has 0 unspecified atom stereocenters. The average molecular weight is 240 g/mol. The van der Waals surface area contributed by atoms with Gasteiger partial charge in [-0.05, 0) is 12.8 Å². The minimum Gasteiger partial charge on any atom is -0.460 e. The van der Waals surface area contributed by atoms with E-state index in [0.717, 1.165) is 0 Å². The van der Waals surface area contributed by atoms with Crippen LogP contribution < -0.4 is 0 Å². The summed E-state index contributed by atoms with van der Waals surface area (Å²) in [5.74, 6) is -1.34. The number of rotatable bonds is 8. The van der Waals surface area contributed by atoms with Crippen molar-refractivity contribution in [2.75, 3.05) is 26.4 Å². The third kappa shape index (κ3) is 6.68. The standard InChI is InChI=1S/C10H18F2O4/c1-4-15-9(13)10(11,12)16-6-5-14-7-8(2)3/h8H,4-7H2,1-3H3. The van der Waals surface area contributed by atoms with Crippen molar-refractivity contribution in [3.63, 3.8) is 0 Å². The van der Waals surface area contributed by atoms with Crippen molar-refractivity contribution in [1.82, 2.24) is 0 Å². The van der Waals surface area contributed by atoms with Gasteiger partial charge in [-0.2, -0.15) is 8.78 Å². The maximum absolute atomic E-state index is 12.8. The van der Waals surface area contributed by atoms with Gasteiger partial charge in [0, 0.05) is 6.61 Å². The van der Waals surface area contributed by atoms with Gasteiger partial charge in [0.1, 0.15) is 0 Å². The highest BCUT2D eigenvalue weighted by Gasteiger charge is 2.42. The number of hydrogen-bond donors (Lipinski definition) is 0. The van der Waals surface area contributed by atoms with Crippen molar-refractivity contribution in [2.45, 2.75) is 26.9 Å². The Morgan fingerprint density at radius 3 is 2.44 bits per heavy atom. The van der Waals surface area contributed by atoms with E-state index in [1.165, 1.54) is 6.92 Å². The van der Waals surface area contributed by atoms with Crippen molar-refractivity contribution < 1.29 is 27.8 Å². The molecular weight excluding hydrogens is 222 g/mol. The zero-order valence-corrected chi connectivity index (χ0v) is 9.79. The Bertz CT molecular complexity index is 207. The highest BCUT2D eigenvalue weighted by molar-refractivity contribution is 5.75. The van der Waals surface area contributed by atoms with E-state index in [1.807, 2.05) is 13.8 Å². The molecule has 0 amide bonds. The molecule has 0 aromatic rings. The SMILES string of the molecule is CCOC(=O)C(F)(F)OCCOCC(C)C. The topological polar surface area (TPSA) is 44.8 Å². The van der Waals surface area contributed by atoms with Crippen LogP contribution in [-0.4, -0.2) is 38.5 Å². The van der Waals surface area contributed by atoms with Crippen LogP contribution in [0.3, 0.4) is 0 Å². The van der Waals surface area contributed by atoms with E-state index in [2.05, 4.69) is 9.47 Å². The van der Waals surface area contributed by atoms with Gasteiger partial charge < -0.3 is 14.2 Å². The molecule has 96 valence electrons. The lowest BCUT2D eigenvalue weighted by Crippen LogP contribution is -2.35. The van der Waals surface area contributed by atoms with Gasteiger partial charge in [0.2, 0.25) is 0 Å². The smallest absolute Gasteiger partial charge is 0.456 e. The first-order valence-electron chi connectivity index (χ1n) is 5.17. The summed E-state index contributed by atoms with van der Waals surface area (Å²) >= 11 is 0. The maximum atomic E-state index is 12.8. The van der Waals surface area contributed by atoms with E-state index in [1.54, 1.807) is 0 Å². The summed E-state index contributed by atoms with van der Waals surface area (Å²) in [6, 6.07) is 0. The van der Waals surface area contributed by atoms with Crippen molar-refractivity contribution in [3.05, 3.63) is 0 Å². The van der Waals surface area contributed by atoms with E-state index in [-0.39, 0.29) is 19.8 Å². The van der Waals surface area contributed by atoms with Crippen molar-refractivity contribution >= 4 is 5.97 Å². The molecule has 0 atom stereocenters. The van der Waals surface area contributed by atoms with Gasteiger partial charge in [0.15, 0.2) is 0 Å². The highest BCUT2D eigenvalue weighted by Crippen LogP contribution is 2.17. The summed E-state index contributed by atoms with van der Waals surface area (Å²) in [4.78, 5) is 10.7. The Balaban J connectivity index is 3.69. The molecule has 0 fully saturated rings. The molecule has 0 N–H and O–H groups in total. The maximum Gasteiger partial charge on any atom is 0.456 e. The molecule has 0 saturated carbocycles. The molecule has 0 aliphatic rings. The Morgan fingerprint density at radius 1 is 1.31 bits per heavy atom. The van der Waals surface area contributed by atoms with E-state index in [4.69, 9.17) is 4.74 Å². The molecule has 0 aromatic heterocycles. The molecule has 0 radical (unpaired) electrons. The molecule has 0 spiro atoms. The number of carbonyl (C=O) groups is 1. The van der Waals surface area contributed by atoms with Gasteiger partial charge in [-0.3, -0.25) is 0 Å². The van der Waals surface area contributed by atoms with Crippen LogP contribution in [0, 0.1) is 5.92 Å².